The summed E-state index contributed by atoms with van der Waals surface area (Å²) in [6, 6.07) is 14.7. The molecule has 4 nitrogen and oxygen atoms in total. The Morgan fingerprint density at radius 2 is 1.48 bits per heavy atom. The van der Waals surface area contributed by atoms with Crippen LogP contribution in [-0.2, 0) is 17.1 Å². The van der Waals surface area contributed by atoms with Gasteiger partial charge >= 0.3 is 0 Å². The van der Waals surface area contributed by atoms with E-state index in [0.717, 1.165) is 0 Å². The first kappa shape index (κ1) is 21.2. The zero-order valence-electron chi connectivity index (χ0n) is 13.8. The molecule has 0 unspecified atom stereocenters. The fourth-order valence-electron chi connectivity index (χ4n) is 2.32. The number of aromatic carboxylic acids is 1. The summed E-state index contributed by atoms with van der Waals surface area (Å²) in [5, 5.41) is 8.99. The zero-order valence-corrected chi connectivity index (χ0v) is 14.9. The van der Waals surface area contributed by atoms with Crippen LogP contribution in [0.1, 0.15) is 48.4 Å². The molecule has 0 saturated heterocycles. The predicted octanol–water partition coefficient (Wildman–Crippen LogP) is 3.77. The van der Waals surface area contributed by atoms with Gasteiger partial charge in [-0.15, -0.1) is 6.07 Å². The Balaban J connectivity index is 0.000000684. The number of hydrogen-bond acceptors (Lipinski definition) is 2. The normalized spacial score (nSPS) is 9.83. The van der Waals surface area contributed by atoms with Crippen molar-refractivity contribution in [1.29, 1.82) is 0 Å². The van der Waals surface area contributed by atoms with Crippen LogP contribution in [0.3, 0.4) is 0 Å². The Hall–Kier alpha value is -1.84. The van der Waals surface area contributed by atoms with E-state index >= 15 is 0 Å². The first-order chi connectivity index (χ1) is 10.4. The van der Waals surface area contributed by atoms with E-state index in [1.165, 1.54) is 6.07 Å². The van der Waals surface area contributed by atoms with Crippen molar-refractivity contribution in [3.63, 3.8) is 0 Å². The van der Waals surface area contributed by atoms with Gasteiger partial charge in [-0.05, 0) is 33.3 Å². The number of amides is 1. The van der Waals surface area contributed by atoms with Crippen LogP contribution in [0.4, 0.5) is 0 Å². The number of carboxylic acid groups (broad SMARTS) is 1. The minimum Gasteiger partial charge on any atom is -0.748 e. The molecule has 0 aliphatic carbocycles. The van der Waals surface area contributed by atoms with E-state index in [2.05, 4.69) is 0 Å². The molecule has 2 aromatic carbocycles. The van der Waals surface area contributed by atoms with Crippen molar-refractivity contribution < 1.29 is 31.8 Å². The maximum atomic E-state index is 12.3. The maximum Gasteiger partial charge on any atom is 0.247 e. The fourth-order valence-corrected chi connectivity index (χ4v) is 2.32. The second-order valence-corrected chi connectivity index (χ2v) is 5.52. The van der Waals surface area contributed by atoms with E-state index in [1.807, 2.05) is 58.0 Å². The van der Waals surface area contributed by atoms with Crippen molar-refractivity contribution in [1.82, 2.24) is 4.90 Å². The molecule has 2 rings (SSSR count). The quantitative estimate of drug-likeness (QED) is 0.670. The summed E-state index contributed by atoms with van der Waals surface area (Å²) in [4.78, 5) is 24.9. The van der Waals surface area contributed by atoms with Crippen molar-refractivity contribution >= 4 is 11.9 Å². The van der Waals surface area contributed by atoms with Crippen LogP contribution < -0.4 is 0 Å². The molecule has 5 heteroatoms. The van der Waals surface area contributed by atoms with Gasteiger partial charge in [0.05, 0.1) is 0 Å². The predicted molar refractivity (Wildman–Crippen MR) is 87.5 cm³/mol. The molecule has 23 heavy (non-hydrogen) atoms. The molecule has 0 aromatic heterocycles. The summed E-state index contributed by atoms with van der Waals surface area (Å²) >= 11 is 0. The molecule has 0 bridgehead atoms. The summed E-state index contributed by atoms with van der Waals surface area (Å²) < 4.78 is 0. The summed E-state index contributed by atoms with van der Waals surface area (Å²) in [7, 11) is 0. The van der Waals surface area contributed by atoms with Gasteiger partial charge in [-0.25, -0.2) is 0 Å². The van der Waals surface area contributed by atoms with Gasteiger partial charge in [-0.1, -0.05) is 5.56 Å². The Bertz CT molecular complexity index is 560. The van der Waals surface area contributed by atoms with Gasteiger partial charge in [0.25, 0.3) is 0 Å². The Morgan fingerprint density at radius 1 is 1.04 bits per heavy atom. The minimum atomic E-state index is -1.06. The monoisotopic (exact) mass is 357 g/mol. The Kier molecular flexibility index (Phi) is 9.23. The van der Waals surface area contributed by atoms with Gasteiger partial charge in [0.1, 0.15) is 0 Å². The average Bonchev–Trinajstić information content (AvgIpc) is 3.12. The van der Waals surface area contributed by atoms with Crippen molar-refractivity contribution in [3.05, 3.63) is 59.7 Å². The fraction of sp³-hybridized carbons (Fsp3) is 0.333. The molecule has 0 saturated carbocycles. The van der Waals surface area contributed by atoms with Crippen molar-refractivity contribution in [2.24, 2.45) is 0 Å². The van der Waals surface area contributed by atoms with Gasteiger partial charge in [-0.3, -0.25) is 4.79 Å². The minimum absolute atomic E-state index is 0. The number of carbonyl (C=O) groups is 2. The molecule has 1 amide bonds. The molecular weight excluding hydrogens is 334 g/mol. The number of hydrogen-bond donors (Lipinski definition) is 1. The Morgan fingerprint density at radius 3 is 1.83 bits per heavy atom. The van der Waals surface area contributed by atoms with E-state index < -0.39 is 5.97 Å². The summed E-state index contributed by atoms with van der Waals surface area (Å²) in [6.45, 7) is 7.67. The molecule has 2 aromatic rings. The maximum absolute atomic E-state index is 12.3. The van der Waals surface area contributed by atoms with Gasteiger partial charge < -0.3 is 45.1 Å². The summed E-state index contributed by atoms with van der Waals surface area (Å²) in [5.41, 5.74) is 0.334. The van der Waals surface area contributed by atoms with E-state index in [0.29, 0.717) is 0 Å². The smallest absolute Gasteiger partial charge is 0.247 e. The molecule has 0 heterocycles. The van der Waals surface area contributed by atoms with E-state index in [1.54, 1.807) is 17.0 Å². The number of nitrogens with zero attached hydrogens (tertiary/aromatic N) is 1. The zero-order chi connectivity index (χ0) is 16.7. The second-order valence-electron chi connectivity index (χ2n) is 5.52. The standard InChI is InChI=1S/C13H18NO3.C5H5.Fe/c1-8(2)14(9(3)4)12(15)10-6-5-7-11(10)13(16)17;1-2-4-5-3-1;/h5-9H,1-4H3,(H,16,17);1-5H;/q-1;-5;. The van der Waals surface area contributed by atoms with Crippen LogP contribution in [0.15, 0.2) is 48.5 Å². The molecule has 0 atom stereocenters. The molecule has 0 fully saturated rings. The number of carboxylic acids is 1. The third-order valence-corrected chi connectivity index (χ3v) is 3.18. The molecular formula is C18H23FeNO3-6. The van der Waals surface area contributed by atoms with Gasteiger partial charge in [0.2, 0.25) is 11.9 Å². The van der Waals surface area contributed by atoms with Crippen molar-refractivity contribution in [2.75, 3.05) is 0 Å². The second kappa shape index (κ2) is 10.0. The van der Waals surface area contributed by atoms with Crippen molar-refractivity contribution in [2.45, 2.75) is 39.8 Å². The molecule has 132 valence electrons. The average molecular weight is 357 g/mol. The van der Waals surface area contributed by atoms with E-state index in [-0.39, 0.29) is 46.2 Å². The molecule has 0 aliphatic rings. The van der Waals surface area contributed by atoms with Crippen LogP contribution in [0, 0.1) is 0 Å². The summed E-state index contributed by atoms with van der Waals surface area (Å²) in [5.74, 6) is -1.29. The van der Waals surface area contributed by atoms with Crippen LogP contribution in [0.25, 0.3) is 0 Å². The third kappa shape index (κ3) is 6.05. The van der Waals surface area contributed by atoms with Crippen LogP contribution >= 0.6 is 0 Å². The number of carbonyl (C=O) groups excluding carboxylic acids is 1. The first-order valence-electron chi connectivity index (χ1n) is 7.34. The topological polar surface area (TPSA) is 57.6 Å². The first-order valence-corrected chi connectivity index (χ1v) is 7.34. The SMILES string of the molecule is CC(C)N(C(=O)[c-]1cccc1C(=O)O)C(C)C.[Fe].[cH-]1[cH-][cH-][cH-][cH-]1. The number of rotatable bonds is 4. The van der Waals surface area contributed by atoms with Crippen LogP contribution in [-0.4, -0.2) is 34.0 Å². The summed E-state index contributed by atoms with van der Waals surface area (Å²) in [6.07, 6.45) is 0. The molecule has 0 radical (unpaired) electrons. The van der Waals surface area contributed by atoms with Crippen molar-refractivity contribution in [3.8, 4) is 0 Å². The molecule has 1 N–H and O–H groups in total. The third-order valence-electron chi connectivity index (χ3n) is 3.18. The van der Waals surface area contributed by atoms with Gasteiger partial charge in [0, 0.05) is 29.2 Å². The van der Waals surface area contributed by atoms with Crippen LogP contribution in [0.2, 0.25) is 0 Å². The van der Waals surface area contributed by atoms with Gasteiger partial charge in [-0.2, -0.15) is 12.1 Å². The molecule has 0 spiro atoms. The van der Waals surface area contributed by atoms with Crippen LogP contribution in [0.5, 0.6) is 0 Å². The van der Waals surface area contributed by atoms with Gasteiger partial charge in [0.15, 0.2) is 0 Å². The Labute approximate surface area is 148 Å². The van der Waals surface area contributed by atoms with E-state index in [9.17, 15) is 9.59 Å². The molecule has 0 aliphatic heterocycles. The van der Waals surface area contributed by atoms with E-state index in [4.69, 9.17) is 5.11 Å². The largest absolute Gasteiger partial charge is 0.748 e.